The van der Waals surface area contributed by atoms with Crippen molar-refractivity contribution in [2.45, 2.75) is 45.8 Å². The molecule has 0 radical (unpaired) electrons. The van der Waals surface area contributed by atoms with Crippen molar-refractivity contribution in [1.82, 2.24) is 24.8 Å². The molecule has 2 aromatic heterocycles. The molecule has 3 aromatic rings. The minimum Gasteiger partial charge on any atom is -0.346 e. The van der Waals surface area contributed by atoms with Gasteiger partial charge >= 0.3 is 6.03 Å². The Bertz CT molecular complexity index is 1120. The molecular weight excluding hydrogens is 414 g/mol. The second kappa shape index (κ2) is 8.55. The molecule has 8 nitrogen and oxygen atoms in total. The van der Waals surface area contributed by atoms with Gasteiger partial charge in [0.05, 0.1) is 25.5 Å². The Morgan fingerprint density at radius 3 is 2.65 bits per heavy atom. The van der Waals surface area contributed by atoms with Crippen LogP contribution < -0.4 is 15.5 Å². The number of nitrogens with one attached hydrogen (secondary N) is 2. The maximum atomic E-state index is 12.6. The summed E-state index contributed by atoms with van der Waals surface area (Å²) in [6.07, 6.45) is 5.28. The first-order chi connectivity index (χ1) is 15.2. The van der Waals surface area contributed by atoms with Gasteiger partial charge in [-0.05, 0) is 50.1 Å². The van der Waals surface area contributed by atoms with E-state index in [0.717, 1.165) is 11.4 Å². The van der Waals surface area contributed by atoms with Gasteiger partial charge in [0, 0.05) is 29.1 Å². The van der Waals surface area contributed by atoms with Crippen LogP contribution in [0.4, 0.5) is 16.6 Å². The fraction of sp³-hybridized carbons (Fsp3) is 0.364. The second-order valence-electron chi connectivity index (χ2n) is 7.96. The Morgan fingerprint density at radius 1 is 1.19 bits per heavy atom. The Balaban J connectivity index is 1.53. The summed E-state index contributed by atoms with van der Waals surface area (Å²) >= 11 is 5.97. The summed E-state index contributed by atoms with van der Waals surface area (Å²) in [5.74, 6) is 0.900. The number of hydrogen-bond donors (Lipinski definition) is 2. The molecule has 3 heterocycles. The second-order valence-corrected chi connectivity index (χ2v) is 8.40. The molecule has 1 unspecified atom stereocenters. The molecule has 4 rings (SSSR count). The fourth-order valence-corrected chi connectivity index (χ4v) is 3.93. The fourth-order valence-electron chi connectivity index (χ4n) is 3.80. The maximum absolute atomic E-state index is 12.6. The SMILES string of the molecule is [2H]C1(C)NC(=O)N(c2ccnc(N[C@@H](C)c3cn(-c4ccc(Cl)cc4)cn3)n2)[C@H]1C(C)C. The van der Waals surface area contributed by atoms with Gasteiger partial charge in [0.25, 0.3) is 0 Å². The van der Waals surface area contributed by atoms with Gasteiger partial charge in [-0.25, -0.2) is 14.8 Å². The molecule has 1 fully saturated rings. The predicted molar refractivity (Wildman–Crippen MR) is 122 cm³/mol. The van der Waals surface area contributed by atoms with E-state index in [9.17, 15) is 4.79 Å². The average Bonchev–Trinajstić information content (AvgIpc) is 3.30. The Morgan fingerprint density at radius 2 is 1.94 bits per heavy atom. The topological polar surface area (TPSA) is 88.0 Å². The molecule has 162 valence electrons. The highest BCUT2D eigenvalue weighted by molar-refractivity contribution is 6.30. The lowest BCUT2D eigenvalue weighted by Crippen LogP contribution is -2.40. The monoisotopic (exact) mass is 440 g/mol. The number of amides is 2. The third-order valence-corrected chi connectivity index (χ3v) is 5.53. The normalized spacial score (nSPS) is 22.4. The third kappa shape index (κ3) is 4.34. The van der Waals surface area contributed by atoms with Crippen LogP contribution in [0.2, 0.25) is 5.02 Å². The van der Waals surface area contributed by atoms with E-state index in [-0.39, 0.29) is 24.0 Å². The highest BCUT2D eigenvalue weighted by Crippen LogP contribution is 2.27. The van der Waals surface area contributed by atoms with Crippen molar-refractivity contribution >= 4 is 29.4 Å². The predicted octanol–water partition coefficient (Wildman–Crippen LogP) is 4.43. The number of carbonyl (C=O) groups is 1. The van der Waals surface area contributed by atoms with Crippen LogP contribution in [0.1, 0.15) is 40.8 Å². The number of benzene rings is 1. The molecule has 0 saturated carbocycles. The van der Waals surface area contributed by atoms with E-state index in [2.05, 4.69) is 25.6 Å². The number of carbonyl (C=O) groups excluding carboxylic acids is 1. The first-order valence-corrected chi connectivity index (χ1v) is 10.5. The molecule has 1 saturated heterocycles. The molecule has 2 N–H and O–H groups in total. The summed E-state index contributed by atoms with van der Waals surface area (Å²) in [6, 6.07) is 7.22. The highest BCUT2D eigenvalue weighted by atomic mass is 35.5. The number of urea groups is 1. The van der Waals surface area contributed by atoms with Crippen molar-refractivity contribution < 1.29 is 6.17 Å². The summed E-state index contributed by atoms with van der Waals surface area (Å²) in [6.45, 7) is 7.65. The number of halogens is 1. The van der Waals surface area contributed by atoms with Crippen LogP contribution >= 0.6 is 11.6 Å². The number of rotatable bonds is 6. The molecule has 1 aromatic carbocycles. The van der Waals surface area contributed by atoms with Crippen molar-refractivity contribution in [3.8, 4) is 5.69 Å². The van der Waals surface area contributed by atoms with Crippen LogP contribution in [0.3, 0.4) is 0 Å². The first kappa shape index (κ1) is 19.8. The summed E-state index contributed by atoms with van der Waals surface area (Å²) < 4.78 is 10.4. The van der Waals surface area contributed by atoms with Gasteiger partial charge in [-0.2, -0.15) is 4.98 Å². The van der Waals surface area contributed by atoms with Gasteiger partial charge in [0.2, 0.25) is 5.95 Å². The quantitative estimate of drug-likeness (QED) is 0.591. The van der Waals surface area contributed by atoms with Crippen molar-refractivity contribution in [3.05, 3.63) is 59.8 Å². The van der Waals surface area contributed by atoms with E-state index < -0.39 is 6.02 Å². The first-order valence-electron chi connectivity index (χ1n) is 10.7. The molecule has 0 spiro atoms. The van der Waals surface area contributed by atoms with Gasteiger partial charge in [0.1, 0.15) is 5.82 Å². The Hall–Kier alpha value is -3.13. The lowest BCUT2D eigenvalue weighted by atomic mass is 9.98. The van der Waals surface area contributed by atoms with E-state index in [0.29, 0.717) is 16.8 Å². The zero-order valence-electron chi connectivity index (χ0n) is 18.9. The van der Waals surface area contributed by atoms with Gasteiger partial charge in [-0.3, -0.25) is 4.90 Å². The van der Waals surface area contributed by atoms with E-state index in [4.69, 9.17) is 13.0 Å². The lowest BCUT2D eigenvalue weighted by molar-refractivity contribution is 0.250. The van der Waals surface area contributed by atoms with Crippen LogP contribution in [-0.4, -0.2) is 37.6 Å². The van der Waals surface area contributed by atoms with E-state index in [1.807, 2.05) is 55.8 Å². The summed E-state index contributed by atoms with van der Waals surface area (Å²) in [5.41, 5.74) is 1.77. The maximum Gasteiger partial charge on any atom is 0.323 e. The van der Waals surface area contributed by atoms with Crippen molar-refractivity contribution in [2.24, 2.45) is 5.92 Å². The smallest absolute Gasteiger partial charge is 0.323 e. The zero-order chi connectivity index (χ0) is 23.0. The van der Waals surface area contributed by atoms with Crippen LogP contribution in [0.25, 0.3) is 5.69 Å². The van der Waals surface area contributed by atoms with Crippen LogP contribution in [0.5, 0.6) is 0 Å². The summed E-state index contributed by atoms with van der Waals surface area (Å²) in [5, 5.41) is 6.66. The van der Waals surface area contributed by atoms with E-state index >= 15 is 0 Å². The van der Waals surface area contributed by atoms with Gasteiger partial charge in [-0.1, -0.05) is 25.4 Å². The minimum absolute atomic E-state index is 0.0681. The van der Waals surface area contributed by atoms with Crippen LogP contribution in [0.15, 0.2) is 49.1 Å². The zero-order valence-corrected chi connectivity index (χ0v) is 18.6. The molecule has 3 atom stereocenters. The van der Waals surface area contributed by atoms with Crippen molar-refractivity contribution in [2.75, 3.05) is 10.2 Å². The molecule has 1 aliphatic rings. The molecule has 2 amide bonds. The molecule has 0 aliphatic carbocycles. The minimum atomic E-state index is -1.11. The third-order valence-electron chi connectivity index (χ3n) is 5.28. The Labute approximate surface area is 188 Å². The van der Waals surface area contributed by atoms with Crippen LogP contribution in [-0.2, 0) is 0 Å². The average molecular weight is 441 g/mol. The number of imidazole rings is 1. The standard InChI is InChI=1S/C22H26ClN7O/c1-13(2)20-15(4)27-22(31)30(20)19-9-10-24-21(28-19)26-14(3)18-11-29(12-25-18)17-7-5-16(23)6-8-17/h5-15,20H,1-4H3,(H,27,31)(H,24,26,28)/t14-,15?,20-/m0/s1/i15D. The van der Waals surface area contributed by atoms with Crippen molar-refractivity contribution in [1.29, 1.82) is 0 Å². The van der Waals surface area contributed by atoms with Crippen molar-refractivity contribution in [3.63, 3.8) is 0 Å². The molecular formula is C22H26ClN7O. The van der Waals surface area contributed by atoms with Gasteiger partial charge in [-0.15, -0.1) is 0 Å². The van der Waals surface area contributed by atoms with Crippen LogP contribution in [0, 0.1) is 5.92 Å². The molecule has 0 bridgehead atoms. The van der Waals surface area contributed by atoms with E-state index in [1.54, 1.807) is 30.4 Å². The van der Waals surface area contributed by atoms with Gasteiger partial charge in [0.15, 0.2) is 0 Å². The Kier molecular flexibility index (Phi) is 5.46. The molecule has 1 aliphatic heterocycles. The number of hydrogen-bond acceptors (Lipinski definition) is 5. The lowest BCUT2D eigenvalue weighted by Gasteiger charge is -2.27. The van der Waals surface area contributed by atoms with Gasteiger partial charge < -0.3 is 15.2 Å². The largest absolute Gasteiger partial charge is 0.346 e. The number of anilines is 2. The highest BCUT2D eigenvalue weighted by Gasteiger charge is 2.40. The summed E-state index contributed by atoms with van der Waals surface area (Å²) in [4.78, 5) is 27.5. The molecule has 9 heteroatoms. The number of nitrogens with zero attached hydrogens (tertiary/aromatic N) is 5. The molecule has 31 heavy (non-hydrogen) atoms. The van der Waals surface area contributed by atoms with E-state index in [1.165, 1.54) is 0 Å². The summed E-state index contributed by atoms with van der Waals surface area (Å²) in [7, 11) is 0. The number of aromatic nitrogens is 4.